The molecule has 0 bridgehead atoms. The minimum atomic E-state index is -1.13. The minimum Gasteiger partial charge on any atom is -0.479 e. The van der Waals surface area contributed by atoms with E-state index >= 15 is 0 Å². The Labute approximate surface area is 124 Å². The van der Waals surface area contributed by atoms with E-state index in [0.29, 0.717) is 5.56 Å². The molecule has 0 aliphatic rings. The highest BCUT2D eigenvalue weighted by Crippen LogP contribution is 2.11. The van der Waals surface area contributed by atoms with E-state index in [1.165, 1.54) is 10.9 Å². The number of carbonyl (C=O) groups excluding carboxylic acids is 1. The standard InChI is InChI=1S/C13H23N5O3/c1-9(5-6-17(2)3)15-13(21)16-11(12(19)20)10-7-14-18(4)8-10/h7-9,11H,5-6H2,1-4H3,(H,19,20)(H2,15,16,21). The van der Waals surface area contributed by atoms with Crippen molar-refractivity contribution in [1.29, 1.82) is 0 Å². The van der Waals surface area contributed by atoms with Crippen LogP contribution < -0.4 is 10.6 Å². The first-order valence-electron chi connectivity index (χ1n) is 6.72. The second-order valence-electron chi connectivity index (χ2n) is 5.33. The molecule has 2 unspecified atom stereocenters. The Hall–Kier alpha value is -2.09. The highest BCUT2D eigenvalue weighted by Gasteiger charge is 2.23. The predicted octanol–water partition coefficient (Wildman–Crippen LogP) is 0.185. The Morgan fingerprint density at radius 3 is 2.57 bits per heavy atom. The van der Waals surface area contributed by atoms with Gasteiger partial charge >= 0.3 is 12.0 Å². The summed E-state index contributed by atoms with van der Waals surface area (Å²) in [6.45, 7) is 2.72. The number of amides is 2. The maximum Gasteiger partial charge on any atom is 0.331 e. The average Bonchev–Trinajstić information content (AvgIpc) is 2.79. The molecule has 2 amide bonds. The molecule has 0 radical (unpaired) electrons. The lowest BCUT2D eigenvalue weighted by atomic mass is 10.1. The number of urea groups is 1. The van der Waals surface area contributed by atoms with Crippen LogP contribution in [-0.2, 0) is 11.8 Å². The molecular weight excluding hydrogens is 274 g/mol. The zero-order valence-electron chi connectivity index (χ0n) is 12.8. The molecule has 0 saturated heterocycles. The highest BCUT2D eigenvalue weighted by atomic mass is 16.4. The van der Waals surface area contributed by atoms with Crippen LogP contribution in [-0.4, -0.2) is 58.5 Å². The van der Waals surface area contributed by atoms with Crippen LogP contribution >= 0.6 is 0 Å². The van der Waals surface area contributed by atoms with E-state index in [2.05, 4.69) is 15.7 Å². The molecule has 0 aliphatic carbocycles. The first kappa shape index (κ1) is 17.0. The number of hydrogen-bond acceptors (Lipinski definition) is 4. The highest BCUT2D eigenvalue weighted by molar-refractivity contribution is 5.83. The van der Waals surface area contributed by atoms with Crippen LogP contribution in [0.15, 0.2) is 12.4 Å². The van der Waals surface area contributed by atoms with E-state index in [4.69, 9.17) is 0 Å². The van der Waals surface area contributed by atoms with E-state index in [1.54, 1.807) is 13.2 Å². The number of nitrogens with one attached hydrogen (secondary N) is 2. The molecular formula is C13H23N5O3. The molecule has 0 aromatic carbocycles. The van der Waals surface area contributed by atoms with Gasteiger partial charge in [-0.3, -0.25) is 4.68 Å². The van der Waals surface area contributed by atoms with Gasteiger partial charge in [0.1, 0.15) is 0 Å². The van der Waals surface area contributed by atoms with Crippen molar-refractivity contribution in [1.82, 2.24) is 25.3 Å². The summed E-state index contributed by atoms with van der Waals surface area (Å²) in [6, 6.07) is -1.66. The second-order valence-corrected chi connectivity index (χ2v) is 5.33. The molecule has 0 aliphatic heterocycles. The molecule has 1 aromatic heterocycles. The Bertz CT molecular complexity index is 486. The fourth-order valence-corrected chi connectivity index (χ4v) is 1.80. The van der Waals surface area contributed by atoms with Crippen LogP contribution in [0.2, 0.25) is 0 Å². The number of aliphatic carboxylic acids is 1. The zero-order chi connectivity index (χ0) is 16.0. The second kappa shape index (κ2) is 7.63. The molecule has 21 heavy (non-hydrogen) atoms. The van der Waals surface area contributed by atoms with E-state index in [-0.39, 0.29) is 6.04 Å². The predicted molar refractivity (Wildman–Crippen MR) is 77.9 cm³/mol. The lowest BCUT2D eigenvalue weighted by Crippen LogP contribution is -2.45. The van der Waals surface area contributed by atoms with Crippen LogP contribution in [0, 0.1) is 0 Å². The molecule has 0 spiro atoms. The smallest absolute Gasteiger partial charge is 0.331 e. The number of aryl methyl sites for hydroxylation is 1. The lowest BCUT2D eigenvalue weighted by Gasteiger charge is -2.19. The van der Waals surface area contributed by atoms with Gasteiger partial charge in [0, 0.05) is 24.8 Å². The van der Waals surface area contributed by atoms with Crippen LogP contribution in [0.4, 0.5) is 4.79 Å². The monoisotopic (exact) mass is 297 g/mol. The van der Waals surface area contributed by atoms with E-state index in [0.717, 1.165) is 13.0 Å². The topological polar surface area (TPSA) is 99.5 Å². The van der Waals surface area contributed by atoms with Gasteiger partial charge in [0.2, 0.25) is 0 Å². The summed E-state index contributed by atoms with van der Waals surface area (Å²) < 4.78 is 1.49. The largest absolute Gasteiger partial charge is 0.479 e. The van der Waals surface area contributed by atoms with Crippen molar-refractivity contribution in [2.75, 3.05) is 20.6 Å². The van der Waals surface area contributed by atoms with Gasteiger partial charge in [-0.05, 0) is 34.0 Å². The Morgan fingerprint density at radius 1 is 1.43 bits per heavy atom. The maximum atomic E-state index is 11.9. The first-order valence-corrected chi connectivity index (χ1v) is 6.72. The van der Waals surface area contributed by atoms with Crippen LogP contribution in [0.1, 0.15) is 24.9 Å². The van der Waals surface area contributed by atoms with Crippen molar-refractivity contribution in [3.8, 4) is 0 Å². The number of rotatable bonds is 7. The summed E-state index contributed by atoms with van der Waals surface area (Å²) in [5.41, 5.74) is 0.432. The van der Waals surface area contributed by atoms with Crippen molar-refractivity contribution in [3.05, 3.63) is 18.0 Å². The van der Waals surface area contributed by atoms with Crippen LogP contribution in [0.5, 0.6) is 0 Å². The van der Waals surface area contributed by atoms with Gasteiger partial charge in [0.15, 0.2) is 6.04 Å². The number of carboxylic acid groups (broad SMARTS) is 1. The number of nitrogens with zero attached hydrogens (tertiary/aromatic N) is 3. The summed E-state index contributed by atoms with van der Waals surface area (Å²) in [6.07, 6.45) is 3.77. The van der Waals surface area contributed by atoms with Gasteiger partial charge in [0.25, 0.3) is 0 Å². The SMILES string of the molecule is CC(CCN(C)C)NC(=O)NC(C(=O)O)c1cnn(C)c1. The van der Waals surface area contributed by atoms with Gasteiger partial charge in [-0.2, -0.15) is 5.10 Å². The third-order valence-electron chi connectivity index (χ3n) is 2.97. The molecule has 8 heteroatoms. The number of aromatic nitrogens is 2. The van der Waals surface area contributed by atoms with Gasteiger partial charge in [-0.25, -0.2) is 9.59 Å². The van der Waals surface area contributed by atoms with E-state index < -0.39 is 18.0 Å². The summed E-state index contributed by atoms with van der Waals surface area (Å²) in [5.74, 6) is -1.13. The quantitative estimate of drug-likeness (QED) is 0.667. The number of carboxylic acids is 1. The van der Waals surface area contributed by atoms with Crippen LogP contribution in [0.3, 0.4) is 0 Å². The Morgan fingerprint density at radius 2 is 2.10 bits per heavy atom. The van der Waals surface area contributed by atoms with Gasteiger partial charge < -0.3 is 20.6 Å². The summed E-state index contributed by atoms with van der Waals surface area (Å²) in [4.78, 5) is 25.1. The summed E-state index contributed by atoms with van der Waals surface area (Å²) in [5, 5.41) is 18.3. The molecule has 2 atom stereocenters. The van der Waals surface area contributed by atoms with Gasteiger partial charge in [-0.1, -0.05) is 0 Å². The molecule has 0 saturated carbocycles. The maximum absolute atomic E-state index is 11.9. The molecule has 1 rings (SSSR count). The minimum absolute atomic E-state index is 0.0456. The van der Waals surface area contributed by atoms with Crippen molar-refractivity contribution < 1.29 is 14.7 Å². The van der Waals surface area contributed by atoms with Gasteiger partial charge in [0.05, 0.1) is 6.20 Å². The summed E-state index contributed by atoms with van der Waals surface area (Å²) >= 11 is 0. The normalized spacial score (nSPS) is 13.8. The zero-order valence-corrected chi connectivity index (χ0v) is 12.8. The molecule has 0 fully saturated rings. The van der Waals surface area contributed by atoms with Crippen molar-refractivity contribution in [2.45, 2.75) is 25.4 Å². The first-order chi connectivity index (χ1) is 9.79. The van der Waals surface area contributed by atoms with Crippen molar-refractivity contribution in [2.24, 2.45) is 7.05 Å². The fraction of sp³-hybridized carbons (Fsp3) is 0.615. The summed E-state index contributed by atoms with van der Waals surface area (Å²) in [7, 11) is 5.59. The molecule has 1 aromatic rings. The van der Waals surface area contributed by atoms with Crippen molar-refractivity contribution in [3.63, 3.8) is 0 Å². The van der Waals surface area contributed by atoms with Gasteiger partial charge in [-0.15, -0.1) is 0 Å². The molecule has 8 nitrogen and oxygen atoms in total. The Balaban J connectivity index is 2.55. The number of hydrogen-bond donors (Lipinski definition) is 3. The van der Waals surface area contributed by atoms with E-state index in [9.17, 15) is 14.7 Å². The van der Waals surface area contributed by atoms with Crippen LogP contribution in [0.25, 0.3) is 0 Å². The van der Waals surface area contributed by atoms with Crippen molar-refractivity contribution >= 4 is 12.0 Å². The third-order valence-corrected chi connectivity index (χ3v) is 2.97. The molecule has 1 heterocycles. The molecule has 118 valence electrons. The Kier molecular flexibility index (Phi) is 6.16. The average molecular weight is 297 g/mol. The third kappa shape index (κ3) is 5.82. The fourth-order valence-electron chi connectivity index (χ4n) is 1.80. The lowest BCUT2D eigenvalue weighted by molar-refractivity contribution is -0.139. The number of carbonyl (C=O) groups is 2. The van der Waals surface area contributed by atoms with E-state index in [1.807, 2.05) is 25.9 Å². The molecule has 3 N–H and O–H groups in total.